The number of nitrogens with one attached hydrogen (secondary N) is 1. The van der Waals surface area contributed by atoms with E-state index in [1.807, 2.05) is 6.07 Å². The third-order valence-electron chi connectivity index (χ3n) is 4.92. The predicted octanol–water partition coefficient (Wildman–Crippen LogP) is 4.10. The Labute approximate surface area is 160 Å². The van der Waals surface area contributed by atoms with Gasteiger partial charge in [0.1, 0.15) is 5.58 Å². The molecule has 3 aromatic rings. The monoisotopic (exact) mass is 405 g/mol. The maximum absolute atomic E-state index is 12.6. The van der Waals surface area contributed by atoms with Crippen molar-refractivity contribution in [1.82, 2.24) is 0 Å². The molecule has 2 aromatic carbocycles. The topological polar surface area (TPSA) is 76.4 Å². The molecule has 4 rings (SSSR count). The number of furan rings is 1. The van der Waals surface area contributed by atoms with Gasteiger partial charge in [-0.3, -0.25) is 4.79 Å². The molecule has 0 spiro atoms. The number of amides is 1. The minimum atomic E-state index is -4.65. The lowest BCUT2D eigenvalue weighted by molar-refractivity contribution is -0.115. The zero-order chi connectivity index (χ0) is 19.9. The van der Waals surface area contributed by atoms with Crippen molar-refractivity contribution in [2.24, 2.45) is 0 Å². The Morgan fingerprint density at radius 2 is 1.79 bits per heavy atom. The number of anilines is 1. The first-order valence-corrected chi connectivity index (χ1v) is 10.3. The number of rotatable bonds is 5. The van der Waals surface area contributed by atoms with E-state index in [1.165, 1.54) is 23.3 Å². The number of halogens is 2. The lowest BCUT2D eigenvalue weighted by Crippen LogP contribution is -2.15. The summed E-state index contributed by atoms with van der Waals surface area (Å²) in [4.78, 5) is 11.9. The molecule has 0 bridgehead atoms. The Balaban J connectivity index is 1.48. The van der Waals surface area contributed by atoms with Crippen molar-refractivity contribution in [3.8, 4) is 0 Å². The molecular formula is C20H17F2NO4S. The highest BCUT2D eigenvalue weighted by molar-refractivity contribution is 7.91. The van der Waals surface area contributed by atoms with Gasteiger partial charge in [-0.15, -0.1) is 0 Å². The normalized spacial score (nSPS) is 13.8. The Morgan fingerprint density at radius 1 is 1.11 bits per heavy atom. The van der Waals surface area contributed by atoms with E-state index in [-0.39, 0.29) is 12.3 Å². The first kappa shape index (κ1) is 18.6. The van der Waals surface area contributed by atoms with E-state index in [1.54, 1.807) is 6.26 Å². The Morgan fingerprint density at radius 3 is 2.46 bits per heavy atom. The number of hydrogen-bond donors (Lipinski definition) is 1. The number of alkyl halides is 2. The zero-order valence-corrected chi connectivity index (χ0v) is 15.6. The highest BCUT2D eigenvalue weighted by Crippen LogP contribution is 2.30. The molecule has 0 atom stereocenters. The molecule has 1 aliphatic rings. The maximum atomic E-state index is 12.6. The third kappa shape index (κ3) is 3.40. The van der Waals surface area contributed by atoms with Crippen LogP contribution in [0.1, 0.15) is 23.1 Å². The molecule has 0 unspecified atom stereocenters. The van der Waals surface area contributed by atoms with Crippen molar-refractivity contribution in [2.75, 3.05) is 5.32 Å². The van der Waals surface area contributed by atoms with Gasteiger partial charge in [0.15, 0.2) is 0 Å². The van der Waals surface area contributed by atoms with Gasteiger partial charge < -0.3 is 9.73 Å². The number of carbonyl (C=O) groups is 1. The Bertz CT molecular complexity index is 1150. The SMILES string of the molecule is O=C(Cc1coc2cc3c(cc12)CCC3)Nc1ccc(S(=O)(=O)C(F)F)cc1. The van der Waals surface area contributed by atoms with Crippen molar-refractivity contribution < 1.29 is 26.4 Å². The van der Waals surface area contributed by atoms with Gasteiger partial charge in [-0.05, 0) is 66.8 Å². The molecule has 8 heteroatoms. The summed E-state index contributed by atoms with van der Waals surface area (Å²) in [5.41, 5.74) is 4.42. The fourth-order valence-electron chi connectivity index (χ4n) is 3.49. The first-order chi connectivity index (χ1) is 13.3. The van der Waals surface area contributed by atoms with Crippen LogP contribution < -0.4 is 5.32 Å². The second-order valence-electron chi connectivity index (χ2n) is 6.79. The largest absolute Gasteiger partial charge is 0.464 e. The van der Waals surface area contributed by atoms with Crippen LogP contribution in [0.5, 0.6) is 0 Å². The summed E-state index contributed by atoms with van der Waals surface area (Å²) in [7, 11) is -4.65. The number of fused-ring (bicyclic) bond motifs is 2. The van der Waals surface area contributed by atoms with E-state index in [0.29, 0.717) is 5.69 Å². The smallest absolute Gasteiger partial charge is 0.341 e. The van der Waals surface area contributed by atoms with Crippen LogP contribution in [0.25, 0.3) is 11.0 Å². The number of hydrogen-bond acceptors (Lipinski definition) is 4. The van der Waals surface area contributed by atoms with E-state index < -0.39 is 20.5 Å². The van der Waals surface area contributed by atoms with Gasteiger partial charge in [-0.2, -0.15) is 8.78 Å². The minimum Gasteiger partial charge on any atom is -0.464 e. The van der Waals surface area contributed by atoms with Crippen molar-refractivity contribution in [2.45, 2.75) is 36.3 Å². The van der Waals surface area contributed by atoms with Gasteiger partial charge in [0.25, 0.3) is 0 Å². The molecule has 0 aliphatic heterocycles. The van der Waals surface area contributed by atoms with Gasteiger partial charge in [0, 0.05) is 16.6 Å². The Hall–Kier alpha value is -2.74. The molecule has 1 aromatic heterocycles. The third-order valence-corrected chi connectivity index (χ3v) is 6.32. The van der Waals surface area contributed by atoms with Gasteiger partial charge >= 0.3 is 5.76 Å². The molecule has 1 N–H and O–H groups in total. The molecule has 0 fully saturated rings. The Kier molecular flexibility index (Phi) is 4.66. The van der Waals surface area contributed by atoms with Crippen LogP contribution in [0, 0.1) is 0 Å². The first-order valence-electron chi connectivity index (χ1n) is 8.78. The van der Waals surface area contributed by atoms with Gasteiger partial charge in [0.2, 0.25) is 15.7 Å². The van der Waals surface area contributed by atoms with Gasteiger partial charge in [-0.1, -0.05) is 0 Å². The van der Waals surface area contributed by atoms with Crippen molar-refractivity contribution in [1.29, 1.82) is 0 Å². The number of sulfone groups is 1. The molecule has 1 aliphatic carbocycles. The van der Waals surface area contributed by atoms with Crippen LogP contribution in [0.3, 0.4) is 0 Å². The van der Waals surface area contributed by atoms with E-state index in [0.717, 1.165) is 47.9 Å². The lowest BCUT2D eigenvalue weighted by Gasteiger charge is -2.07. The number of carbonyl (C=O) groups excluding carboxylic acids is 1. The van der Waals surface area contributed by atoms with Crippen LogP contribution >= 0.6 is 0 Å². The van der Waals surface area contributed by atoms with E-state index in [9.17, 15) is 22.0 Å². The summed E-state index contributed by atoms with van der Waals surface area (Å²) in [5.74, 6) is -3.79. The molecule has 0 radical (unpaired) electrons. The zero-order valence-electron chi connectivity index (χ0n) is 14.7. The van der Waals surface area contributed by atoms with Crippen LogP contribution in [0.15, 0.2) is 52.0 Å². The summed E-state index contributed by atoms with van der Waals surface area (Å²) in [6, 6.07) is 8.78. The molecule has 28 heavy (non-hydrogen) atoms. The van der Waals surface area contributed by atoms with E-state index in [2.05, 4.69) is 11.4 Å². The predicted molar refractivity (Wildman–Crippen MR) is 100 cm³/mol. The maximum Gasteiger partial charge on any atom is 0.341 e. The number of benzene rings is 2. The van der Waals surface area contributed by atoms with Crippen LogP contribution in [0.2, 0.25) is 0 Å². The van der Waals surface area contributed by atoms with Gasteiger partial charge in [0.05, 0.1) is 17.6 Å². The lowest BCUT2D eigenvalue weighted by atomic mass is 10.0. The van der Waals surface area contributed by atoms with Crippen molar-refractivity contribution >= 4 is 32.4 Å². The van der Waals surface area contributed by atoms with Crippen LogP contribution in [0.4, 0.5) is 14.5 Å². The molecule has 0 saturated carbocycles. The fourth-order valence-corrected chi connectivity index (χ4v) is 4.22. The second kappa shape index (κ2) is 7.01. The van der Waals surface area contributed by atoms with Gasteiger partial charge in [-0.25, -0.2) is 8.42 Å². The summed E-state index contributed by atoms with van der Waals surface area (Å²) >= 11 is 0. The highest BCUT2D eigenvalue weighted by atomic mass is 32.2. The van der Waals surface area contributed by atoms with Crippen molar-refractivity contribution in [3.05, 3.63) is 59.4 Å². The highest BCUT2D eigenvalue weighted by Gasteiger charge is 2.26. The average Bonchev–Trinajstić information content (AvgIpc) is 3.26. The molecular weight excluding hydrogens is 388 g/mol. The summed E-state index contributed by atoms with van der Waals surface area (Å²) in [6.07, 6.45) is 4.84. The average molecular weight is 405 g/mol. The van der Waals surface area contributed by atoms with Crippen LogP contribution in [-0.4, -0.2) is 20.1 Å². The summed E-state index contributed by atoms with van der Waals surface area (Å²) in [6.45, 7) is 0. The summed E-state index contributed by atoms with van der Waals surface area (Å²) in [5, 5.41) is 3.55. The molecule has 146 valence electrons. The molecule has 1 heterocycles. The molecule has 1 amide bonds. The fraction of sp³-hybridized carbons (Fsp3) is 0.250. The molecule has 0 saturated heterocycles. The molecule has 5 nitrogen and oxygen atoms in total. The minimum absolute atomic E-state index is 0.0862. The van der Waals surface area contributed by atoms with E-state index in [4.69, 9.17) is 4.42 Å². The second-order valence-corrected chi connectivity index (χ2v) is 8.70. The van der Waals surface area contributed by atoms with E-state index >= 15 is 0 Å². The standard InChI is InChI=1S/C20H17F2NO4S/c21-20(22)28(25,26)16-6-4-15(5-7-16)23-19(24)10-14-11-27-18-9-13-3-1-2-12(13)8-17(14)18/h4-9,11,20H,1-3,10H2,(H,23,24). The summed E-state index contributed by atoms with van der Waals surface area (Å²) < 4.78 is 53.6. The van der Waals surface area contributed by atoms with Crippen LogP contribution in [-0.2, 0) is 33.9 Å². The number of aryl methyl sites for hydroxylation is 2. The van der Waals surface area contributed by atoms with Crippen molar-refractivity contribution in [3.63, 3.8) is 0 Å². The quantitative estimate of drug-likeness (QED) is 0.693.